The van der Waals surface area contributed by atoms with Gasteiger partial charge in [0.2, 0.25) is 11.7 Å². The number of hydrogen-bond acceptors (Lipinski definition) is 8. The van der Waals surface area contributed by atoms with Crippen molar-refractivity contribution in [1.29, 1.82) is 0 Å². The van der Waals surface area contributed by atoms with Crippen molar-refractivity contribution in [2.45, 2.75) is 26.8 Å². The van der Waals surface area contributed by atoms with E-state index in [1.807, 2.05) is 69.3 Å². The molecule has 1 aliphatic rings. The van der Waals surface area contributed by atoms with E-state index in [-0.39, 0.29) is 17.6 Å². The SMILES string of the molecule is COc1cc([C@@H]2N=C(SCC(=O)Nc3cc(C)ccc3C)NC(C)=C2C(=O)Nc2ccccc2)cc(OC)c1OC. The molecule has 0 radical (unpaired) electrons. The van der Waals surface area contributed by atoms with Gasteiger partial charge in [0.05, 0.1) is 32.7 Å². The molecule has 3 N–H and O–H groups in total. The van der Waals surface area contributed by atoms with Crippen molar-refractivity contribution >= 4 is 40.1 Å². The lowest BCUT2D eigenvalue weighted by Gasteiger charge is -2.27. The van der Waals surface area contributed by atoms with Crippen LogP contribution in [0, 0.1) is 13.8 Å². The Morgan fingerprint density at radius 3 is 2.22 bits per heavy atom. The Bertz CT molecular complexity index is 1480. The number of amidine groups is 1. The second kappa shape index (κ2) is 13.3. The number of allylic oxidation sites excluding steroid dienone is 1. The number of para-hydroxylation sites is 1. The number of nitrogens with one attached hydrogen (secondary N) is 3. The van der Waals surface area contributed by atoms with E-state index in [1.165, 1.54) is 33.1 Å². The van der Waals surface area contributed by atoms with Gasteiger partial charge < -0.3 is 30.2 Å². The summed E-state index contributed by atoms with van der Waals surface area (Å²) in [6, 6.07) is 18.0. The molecule has 9 nitrogen and oxygen atoms in total. The maximum atomic E-state index is 13.6. The summed E-state index contributed by atoms with van der Waals surface area (Å²) in [6.07, 6.45) is 0. The molecule has 0 unspecified atom stereocenters. The minimum Gasteiger partial charge on any atom is -0.493 e. The number of methoxy groups -OCH3 is 3. The monoisotopic (exact) mass is 574 g/mol. The Kier molecular flexibility index (Phi) is 9.57. The third-order valence-electron chi connectivity index (χ3n) is 6.50. The van der Waals surface area contributed by atoms with Gasteiger partial charge in [0, 0.05) is 17.1 Å². The number of carbonyl (C=O) groups is 2. The molecule has 0 aliphatic carbocycles. The maximum absolute atomic E-state index is 13.6. The summed E-state index contributed by atoms with van der Waals surface area (Å²) >= 11 is 1.26. The number of aryl methyl sites for hydroxylation is 2. The zero-order valence-corrected chi connectivity index (χ0v) is 24.8. The molecule has 0 bridgehead atoms. The first kappa shape index (κ1) is 29.5. The lowest BCUT2D eigenvalue weighted by Crippen LogP contribution is -2.32. The lowest BCUT2D eigenvalue weighted by molar-refractivity contribution is -0.114. The van der Waals surface area contributed by atoms with Gasteiger partial charge in [-0.3, -0.25) is 9.59 Å². The minimum atomic E-state index is -0.710. The van der Waals surface area contributed by atoms with Gasteiger partial charge in [-0.15, -0.1) is 0 Å². The fourth-order valence-electron chi connectivity index (χ4n) is 4.43. The van der Waals surface area contributed by atoms with Crippen molar-refractivity contribution in [1.82, 2.24) is 5.32 Å². The van der Waals surface area contributed by atoms with Gasteiger partial charge in [-0.1, -0.05) is 42.1 Å². The Hall–Kier alpha value is -4.44. The number of nitrogens with zero attached hydrogens (tertiary/aromatic N) is 1. The number of rotatable bonds is 9. The fraction of sp³-hybridized carbons (Fsp3) is 0.258. The number of aliphatic imine (C=N–C) groups is 1. The zero-order chi connectivity index (χ0) is 29.5. The predicted molar refractivity (Wildman–Crippen MR) is 164 cm³/mol. The highest BCUT2D eigenvalue weighted by Gasteiger charge is 2.31. The third-order valence-corrected chi connectivity index (χ3v) is 7.39. The van der Waals surface area contributed by atoms with Gasteiger partial charge in [-0.25, -0.2) is 4.99 Å². The van der Waals surface area contributed by atoms with E-state index in [1.54, 1.807) is 12.1 Å². The summed E-state index contributed by atoms with van der Waals surface area (Å²) < 4.78 is 16.6. The van der Waals surface area contributed by atoms with E-state index < -0.39 is 6.04 Å². The van der Waals surface area contributed by atoms with Gasteiger partial charge in [0.25, 0.3) is 5.91 Å². The van der Waals surface area contributed by atoms with E-state index in [0.29, 0.717) is 44.9 Å². The number of thioether (sulfide) groups is 1. The van der Waals surface area contributed by atoms with Crippen LogP contribution in [0.15, 0.2) is 76.9 Å². The Labute approximate surface area is 244 Å². The second-order valence-electron chi connectivity index (χ2n) is 9.43. The summed E-state index contributed by atoms with van der Waals surface area (Å²) in [5, 5.41) is 9.66. The van der Waals surface area contributed by atoms with E-state index in [4.69, 9.17) is 19.2 Å². The highest BCUT2D eigenvalue weighted by molar-refractivity contribution is 8.14. The molecule has 214 valence electrons. The zero-order valence-electron chi connectivity index (χ0n) is 24.0. The summed E-state index contributed by atoms with van der Waals surface area (Å²) in [4.78, 5) is 31.3. The van der Waals surface area contributed by atoms with Crippen LogP contribution >= 0.6 is 11.8 Å². The minimum absolute atomic E-state index is 0.125. The number of ether oxygens (including phenoxy) is 3. The third kappa shape index (κ3) is 7.01. The predicted octanol–water partition coefficient (Wildman–Crippen LogP) is 5.61. The summed E-state index contributed by atoms with van der Waals surface area (Å²) in [6.45, 7) is 5.75. The highest BCUT2D eigenvalue weighted by Crippen LogP contribution is 2.43. The summed E-state index contributed by atoms with van der Waals surface area (Å²) in [5.41, 5.74) is 5.19. The molecule has 0 spiro atoms. The molecule has 0 saturated carbocycles. The van der Waals surface area contributed by atoms with Crippen molar-refractivity contribution in [3.8, 4) is 17.2 Å². The lowest BCUT2D eigenvalue weighted by atomic mass is 9.95. The smallest absolute Gasteiger partial charge is 0.255 e. The van der Waals surface area contributed by atoms with Crippen LogP contribution in [0.5, 0.6) is 17.2 Å². The average Bonchev–Trinajstić information content (AvgIpc) is 2.97. The van der Waals surface area contributed by atoms with Gasteiger partial charge in [0.1, 0.15) is 6.04 Å². The average molecular weight is 575 g/mol. The van der Waals surface area contributed by atoms with Gasteiger partial charge in [-0.2, -0.15) is 0 Å². The van der Waals surface area contributed by atoms with Crippen LogP contribution in [0.25, 0.3) is 0 Å². The maximum Gasteiger partial charge on any atom is 0.255 e. The Morgan fingerprint density at radius 1 is 0.902 bits per heavy atom. The Balaban J connectivity index is 1.65. The van der Waals surface area contributed by atoms with Gasteiger partial charge in [0.15, 0.2) is 16.7 Å². The molecule has 3 aromatic carbocycles. The van der Waals surface area contributed by atoms with Crippen molar-refractivity contribution in [3.63, 3.8) is 0 Å². The molecular formula is C31H34N4O5S. The van der Waals surface area contributed by atoms with Gasteiger partial charge in [-0.05, 0) is 67.8 Å². The first-order valence-corrected chi connectivity index (χ1v) is 13.9. The number of hydrogen-bond donors (Lipinski definition) is 3. The fourth-order valence-corrected chi connectivity index (χ4v) is 5.17. The molecular weight excluding hydrogens is 540 g/mol. The van der Waals surface area contributed by atoms with Crippen LogP contribution < -0.4 is 30.2 Å². The van der Waals surface area contributed by atoms with Crippen molar-refractivity contribution < 1.29 is 23.8 Å². The van der Waals surface area contributed by atoms with Crippen LogP contribution in [-0.2, 0) is 9.59 Å². The van der Waals surface area contributed by atoms with Crippen molar-refractivity contribution in [2.75, 3.05) is 37.7 Å². The van der Waals surface area contributed by atoms with Crippen LogP contribution in [0.4, 0.5) is 11.4 Å². The summed E-state index contributed by atoms with van der Waals surface area (Å²) in [5.74, 6) is 0.980. The molecule has 1 aliphatic heterocycles. The largest absolute Gasteiger partial charge is 0.493 e. The van der Waals surface area contributed by atoms with Crippen LogP contribution in [-0.4, -0.2) is 44.1 Å². The van der Waals surface area contributed by atoms with E-state index in [0.717, 1.165) is 16.8 Å². The normalized spacial score (nSPS) is 14.5. The molecule has 2 amide bonds. The quantitative estimate of drug-likeness (QED) is 0.305. The number of benzene rings is 3. The molecule has 0 saturated heterocycles. The first-order chi connectivity index (χ1) is 19.7. The van der Waals surface area contributed by atoms with Crippen molar-refractivity contribution in [2.24, 2.45) is 4.99 Å². The summed E-state index contributed by atoms with van der Waals surface area (Å²) in [7, 11) is 4.60. The molecule has 10 heteroatoms. The van der Waals surface area contributed by atoms with E-state index in [9.17, 15) is 9.59 Å². The first-order valence-electron chi connectivity index (χ1n) is 13.0. The molecule has 3 aromatic rings. The molecule has 4 rings (SSSR count). The van der Waals surface area contributed by atoms with Crippen LogP contribution in [0.1, 0.15) is 29.7 Å². The molecule has 1 heterocycles. The topological polar surface area (TPSA) is 110 Å². The van der Waals surface area contributed by atoms with Crippen LogP contribution in [0.2, 0.25) is 0 Å². The molecule has 41 heavy (non-hydrogen) atoms. The molecule has 0 fully saturated rings. The number of anilines is 2. The highest BCUT2D eigenvalue weighted by atomic mass is 32.2. The van der Waals surface area contributed by atoms with E-state index >= 15 is 0 Å². The second-order valence-corrected chi connectivity index (χ2v) is 10.4. The van der Waals surface area contributed by atoms with Gasteiger partial charge >= 0.3 is 0 Å². The van der Waals surface area contributed by atoms with Crippen LogP contribution in [0.3, 0.4) is 0 Å². The number of carbonyl (C=O) groups excluding carboxylic acids is 2. The number of amides is 2. The molecule has 0 aromatic heterocycles. The van der Waals surface area contributed by atoms with E-state index in [2.05, 4.69) is 16.0 Å². The Morgan fingerprint density at radius 2 is 1.59 bits per heavy atom. The molecule has 1 atom stereocenters. The van der Waals surface area contributed by atoms with Crippen molar-refractivity contribution in [3.05, 3.63) is 88.6 Å². The standard InChI is InChI=1S/C31H34N4O5S/c1-18-12-13-19(2)23(14-18)34-26(36)17-41-31-32-20(3)27(30(37)33-22-10-8-7-9-11-22)28(35-31)21-15-24(38-4)29(40-6)25(16-21)39-5/h7-16,28H,17H2,1-6H3,(H,32,35)(H,33,37)(H,34,36)/t28-/m0/s1.